The van der Waals surface area contributed by atoms with E-state index < -0.39 is 11.0 Å². The first-order chi connectivity index (χ1) is 10.4. The molecule has 1 saturated heterocycles. The van der Waals surface area contributed by atoms with Gasteiger partial charge in [0.05, 0.1) is 5.41 Å². The van der Waals surface area contributed by atoms with Crippen molar-refractivity contribution < 1.29 is 9.53 Å². The zero-order valence-electron chi connectivity index (χ0n) is 14.3. The highest BCUT2D eigenvalue weighted by Crippen LogP contribution is 2.40. The van der Waals surface area contributed by atoms with Gasteiger partial charge in [-0.25, -0.2) is 0 Å². The second kappa shape index (κ2) is 6.82. The van der Waals surface area contributed by atoms with E-state index in [4.69, 9.17) is 4.74 Å². The molecule has 1 aliphatic heterocycles. The molecular weight excluding hydrogens is 274 g/mol. The molecule has 3 nitrogen and oxygen atoms in total. The second-order valence-electron chi connectivity index (χ2n) is 6.93. The first-order valence-corrected chi connectivity index (χ1v) is 8.44. The Balaban J connectivity index is 2.30. The number of piperidine rings is 1. The monoisotopic (exact) mass is 303 g/mol. The van der Waals surface area contributed by atoms with Gasteiger partial charge in [0, 0.05) is 12.8 Å². The molecule has 0 spiro atoms. The Morgan fingerprint density at radius 3 is 2.36 bits per heavy atom. The number of ether oxygens (including phenoxy) is 1. The van der Waals surface area contributed by atoms with E-state index in [0.29, 0.717) is 0 Å². The number of hydrogen-bond acceptors (Lipinski definition) is 3. The zero-order chi connectivity index (χ0) is 16.2. The summed E-state index contributed by atoms with van der Waals surface area (Å²) in [5, 5.41) is 3.37. The number of carbonyl (C=O) groups is 1. The van der Waals surface area contributed by atoms with Crippen LogP contribution < -0.4 is 5.32 Å². The minimum absolute atomic E-state index is 0.0595. The minimum atomic E-state index is -0.477. The number of benzene rings is 1. The summed E-state index contributed by atoms with van der Waals surface area (Å²) in [6.07, 6.45) is 2.47. The van der Waals surface area contributed by atoms with E-state index in [1.807, 2.05) is 25.1 Å². The van der Waals surface area contributed by atoms with Crippen molar-refractivity contribution in [1.29, 1.82) is 0 Å². The largest absolute Gasteiger partial charge is 0.454 e. The summed E-state index contributed by atoms with van der Waals surface area (Å²) >= 11 is 0. The summed E-state index contributed by atoms with van der Waals surface area (Å²) in [4.78, 5) is 12.9. The molecule has 0 radical (unpaired) electrons. The van der Waals surface area contributed by atoms with E-state index in [1.54, 1.807) is 0 Å². The molecule has 1 fully saturated rings. The maximum atomic E-state index is 12.9. The zero-order valence-corrected chi connectivity index (χ0v) is 14.3. The molecule has 1 aromatic carbocycles. The molecule has 1 atom stereocenters. The summed E-state index contributed by atoms with van der Waals surface area (Å²) < 4.78 is 6.20. The van der Waals surface area contributed by atoms with Gasteiger partial charge in [0.2, 0.25) is 0 Å². The van der Waals surface area contributed by atoms with E-state index in [0.717, 1.165) is 37.9 Å². The van der Waals surface area contributed by atoms with E-state index in [9.17, 15) is 4.79 Å². The van der Waals surface area contributed by atoms with Gasteiger partial charge >= 0.3 is 5.97 Å². The van der Waals surface area contributed by atoms with Gasteiger partial charge < -0.3 is 10.1 Å². The Bertz CT molecular complexity index is 491. The molecule has 1 aromatic rings. The van der Waals surface area contributed by atoms with Crippen molar-refractivity contribution in [3.63, 3.8) is 0 Å². The van der Waals surface area contributed by atoms with Gasteiger partial charge in [-0.1, -0.05) is 51.1 Å². The molecule has 1 heterocycles. The van der Waals surface area contributed by atoms with Crippen LogP contribution in [-0.4, -0.2) is 19.1 Å². The van der Waals surface area contributed by atoms with Gasteiger partial charge in [-0.2, -0.15) is 0 Å². The molecule has 0 bridgehead atoms. The van der Waals surface area contributed by atoms with E-state index >= 15 is 0 Å². The van der Waals surface area contributed by atoms with E-state index in [-0.39, 0.29) is 11.9 Å². The molecule has 0 aliphatic carbocycles. The fourth-order valence-electron chi connectivity index (χ4n) is 3.10. The maximum Gasteiger partial charge on any atom is 0.312 e. The second-order valence-corrected chi connectivity index (χ2v) is 6.93. The topological polar surface area (TPSA) is 38.3 Å². The van der Waals surface area contributed by atoms with Crippen LogP contribution in [0.15, 0.2) is 30.3 Å². The van der Waals surface area contributed by atoms with Gasteiger partial charge in [-0.15, -0.1) is 0 Å². The maximum absolute atomic E-state index is 12.9. The molecular formula is C19H29NO2. The van der Waals surface area contributed by atoms with Crippen LogP contribution in [0.3, 0.4) is 0 Å². The van der Waals surface area contributed by atoms with Gasteiger partial charge in [0.1, 0.15) is 5.60 Å². The average Bonchev–Trinajstić information content (AvgIpc) is 2.55. The van der Waals surface area contributed by atoms with Crippen molar-refractivity contribution in [2.24, 2.45) is 11.3 Å². The fourth-order valence-corrected chi connectivity index (χ4v) is 3.10. The standard InChI is InChI=1S/C19H29NO2/c1-5-18(4,15(2)3)17(21)22-19(11-13-20-14-12-19)16-9-7-6-8-10-16/h6-10,15,20H,5,11-14H2,1-4H3. The SMILES string of the molecule is CCC(C)(C(=O)OC1(c2ccccc2)CCNCC1)C(C)C. The molecule has 22 heavy (non-hydrogen) atoms. The third kappa shape index (κ3) is 3.19. The number of nitrogens with one attached hydrogen (secondary N) is 1. The lowest BCUT2D eigenvalue weighted by molar-refractivity contribution is -0.179. The van der Waals surface area contributed by atoms with E-state index in [1.165, 1.54) is 0 Å². The first kappa shape index (κ1) is 17.0. The Labute approximate surface area is 134 Å². The van der Waals surface area contributed by atoms with Gasteiger partial charge in [0.25, 0.3) is 0 Å². The van der Waals surface area contributed by atoms with Crippen LogP contribution in [0, 0.1) is 11.3 Å². The number of carbonyl (C=O) groups excluding carboxylic acids is 1. The Hall–Kier alpha value is -1.35. The lowest BCUT2D eigenvalue weighted by atomic mass is 9.76. The minimum Gasteiger partial charge on any atom is -0.454 e. The quantitative estimate of drug-likeness (QED) is 0.839. The van der Waals surface area contributed by atoms with Crippen molar-refractivity contribution in [3.8, 4) is 0 Å². The molecule has 2 rings (SSSR count). The van der Waals surface area contributed by atoms with Crippen LogP contribution in [0.1, 0.15) is 52.5 Å². The third-order valence-corrected chi connectivity index (χ3v) is 5.47. The van der Waals surface area contributed by atoms with Gasteiger partial charge in [0.15, 0.2) is 0 Å². The van der Waals surface area contributed by atoms with Crippen molar-refractivity contribution >= 4 is 5.97 Å². The highest BCUT2D eigenvalue weighted by molar-refractivity contribution is 5.77. The Morgan fingerprint density at radius 2 is 1.86 bits per heavy atom. The van der Waals surface area contributed by atoms with Crippen LogP contribution in [-0.2, 0) is 15.1 Å². The summed E-state index contributed by atoms with van der Waals surface area (Å²) in [6.45, 7) is 10.1. The highest BCUT2D eigenvalue weighted by Gasteiger charge is 2.44. The van der Waals surface area contributed by atoms with Crippen molar-refractivity contribution in [3.05, 3.63) is 35.9 Å². The smallest absolute Gasteiger partial charge is 0.312 e. The van der Waals surface area contributed by atoms with Crippen LogP contribution in [0.25, 0.3) is 0 Å². The van der Waals surface area contributed by atoms with Gasteiger partial charge in [-0.3, -0.25) is 4.79 Å². The normalized spacial score (nSPS) is 20.4. The predicted octanol–water partition coefficient (Wildman–Crippen LogP) is 3.88. The van der Waals surface area contributed by atoms with Gasteiger partial charge in [-0.05, 0) is 37.9 Å². The average molecular weight is 303 g/mol. The molecule has 0 saturated carbocycles. The predicted molar refractivity (Wildman–Crippen MR) is 89.6 cm³/mol. The summed E-state index contributed by atoms with van der Waals surface area (Å²) in [6, 6.07) is 10.2. The molecule has 1 aliphatic rings. The molecule has 0 aromatic heterocycles. The van der Waals surface area contributed by atoms with Crippen LogP contribution in [0.4, 0.5) is 0 Å². The third-order valence-electron chi connectivity index (χ3n) is 5.47. The molecule has 122 valence electrons. The molecule has 3 heteroatoms. The summed E-state index contributed by atoms with van der Waals surface area (Å²) in [5.74, 6) is 0.204. The summed E-state index contributed by atoms with van der Waals surface area (Å²) in [5.41, 5.74) is 0.216. The summed E-state index contributed by atoms with van der Waals surface area (Å²) in [7, 11) is 0. The van der Waals surface area contributed by atoms with Crippen LogP contribution >= 0.6 is 0 Å². The first-order valence-electron chi connectivity index (χ1n) is 8.44. The highest BCUT2D eigenvalue weighted by atomic mass is 16.6. The number of hydrogen-bond donors (Lipinski definition) is 1. The fraction of sp³-hybridized carbons (Fsp3) is 0.632. The van der Waals surface area contributed by atoms with Crippen molar-refractivity contribution in [2.45, 2.75) is 52.6 Å². The van der Waals surface area contributed by atoms with Crippen molar-refractivity contribution in [2.75, 3.05) is 13.1 Å². The Morgan fingerprint density at radius 1 is 1.27 bits per heavy atom. The van der Waals surface area contributed by atoms with Crippen molar-refractivity contribution in [1.82, 2.24) is 5.32 Å². The molecule has 1 N–H and O–H groups in total. The lowest BCUT2D eigenvalue weighted by Gasteiger charge is -2.41. The number of esters is 1. The number of rotatable bonds is 5. The molecule has 0 amide bonds. The van der Waals surface area contributed by atoms with Crippen LogP contribution in [0.2, 0.25) is 0 Å². The van der Waals surface area contributed by atoms with E-state index in [2.05, 4.69) is 38.2 Å². The lowest BCUT2D eigenvalue weighted by Crippen LogP contribution is -2.46. The molecule has 1 unspecified atom stereocenters. The van der Waals surface area contributed by atoms with Crippen LogP contribution in [0.5, 0.6) is 0 Å². The Kier molecular flexibility index (Phi) is 5.28.